The van der Waals surface area contributed by atoms with Gasteiger partial charge in [0.15, 0.2) is 0 Å². The molecule has 0 atom stereocenters. The molecule has 0 bridgehead atoms. The van der Waals surface area contributed by atoms with Crippen LogP contribution in [0.25, 0.3) is 32.3 Å². The first-order valence-corrected chi connectivity index (χ1v) is 6.16. The standard InChI is InChI=1S/C17H10N2/c18-9-12-2-1-10-4-7-14-15(19)8-5-11-3-6-13(12)16(10)17(11)14/h1-8H,19H2. The Morgan fingerprint density at radius 2 is 1.32 bits per heavy atom. The SMILES string of the molecule is N#Cc1ccc2ccc3c(N)ccc4ccc1c2c43. The molecule has 2 nitrogen and oxygen atoms in total. The maximum Gasteiger partial charge on any atom is 0.0998 e. The van der Waals surface area contributed by atoms with E-state index in [-0.39, 0.29) is 0 Å². The molecule has 4 aromatic rings. The maximum absolute atomic E-state index is 9.25. The average molecular weight is 242 g/mol. The van der Waals surface area contributed by atoms with Crippen LogP contribution < -0.4 is 5.73 Å². The summed E-state index contributed by atoms with van der Waals surface area (Å²) in [6.07, 6.45) is 0. The normalized spacial score (nSPS) is 11.3. The summed E-state index contributed by atoms with van der Waals surface area (Å²) in [7, 11) is 0. The second kappa shape index (κ2) is 3.37. The Hall–Kier alpha value is -2.79. The number of anilines is 1. The van der Waals surface area contributed by atoms with Gasteiger partial charge in [0.05, 0.1) is 11.6 Å². The molecule has 4 aromatic carbocycles. The zero-order chi connectivity index (χ0) is 13.0. The zero-order valence-electron chi connectivity index (χ0n) is 10.1. The van der Waals surface area contributed by atoms with Crippen LogP contribution in [0, 0.1) is 11.3 Å². The summed E-state index contributed by atoms with van der Waals surface area (Å²) in [6, 6.07) is 18.3. The van der Waals surface area contributed by atoms with Crippen molar-refractivity contribution in [1.82, 2.24) is 0 Å². The van der Waals surface area contributed by atoms with Gasteiger partial charge >= 0.3 is 0 Å². The van der Waals surface area contributed by atoms with Crippen LogP contribution in [0.4, 0.5) is 5.69 Å². The summed E-state index contributed by atoms with van der Waals surface area (Å²) >= 11 is 0. The van der Waals surface area contributed by atoms with Crippen LogP contribution in [0.1, 0.15) is 5.56 Å². The molecule has 0 fully saturated rings. The van der Waals surface area contributed by atoms with E-state index in [2.05, 4.69) is 24.3 Å². The van der Waals surface area contributed by atoms with Crippen molar-refractivity contribution in [3.05, 3.63) is 54.1 Å². The molecule has 88 valence electrons. The number of nitrogens with zero attached hydrogens (tertiary/aromatic N) is 1. The van der Waals surface area contributed by atoms with Crippen LogP contribution in [0.15, 0.2) is 48.5 Å². The number of rotatable bonds is 0. The number of nitriles is 1. The van der Waals surface area contributed by atoms with Gasteiger partial charge in [0.1, 0.15) is 0 Å². The van der Waals surface area contributed by atoms with Gasteiger partial charge in [-0.15, -0.1) is 0 Å². The quantitative estimate of drug-likeness (QED) is 0.373. The van der Waals surface area contributed by atoms with Crippen molar-refractivity contribution in [2.45, 2.75) is 0 Å². The van der Waals surface area contributed by atoms with Crippen molar-refractivity contribution >= 4 is 38.0 Å². The second-order valence-electron chi connectivity index (χ2n) is 4.80. The highest BCUT2D eigenvalue weighted by Crippen LogP contribution is 2.37. The van der Waals surface area contributed by atoms with E-state index in [0.29, 0.717) is 5.56 Å². The Labute approximate surface area is 110 Å². The van der Waals surface area contributed by atoms with Crippen molar-refractivity contribution in [1.29, 1.82) is 5.26 Å². The molecule has 0 aliphatic carbocycles. The summed E-state index contributed by atoms with van der Waals surface area (Å²) in [5, 5.41) is 15.9. The smallest absolute Gasteiger partial charge is 0.0998 e. The van der Waals surface area contributed by atoms with Crippen LogP contribution >= 0.6 is 0 Å². The van der Waals surface area contributed by atoms with Crippen LogP contribution in [-0.2, 0) is 0 Å². The van der Waals surface area contributed by atoms with Crippen LogP contribution in [0.3, 0.4) is 0 Å². The second-order valence-corrected chi connectivity index (χ2v) is 4.80. The number of benzene rings is 4. The predicted octanol–water partition coefficient (Wildman–Crippen LogP) is 4.04. The Morgan fingerprint density at radius 3 is 2.05 bits per heavy atom. The minimum atomic E-state index is 0.712. The van der Waals surface area contributed by atoms with Crippen LogP contribution in [-0.4, -0.2) is 0 Å². The first kappa shape index (κ1) is 10.2. The molecule has 19 heavy (non-hydrogen) atoms. The fourth-order valence-corrected chi connectivity index (χ4v) is 2.92. The Balaban J connectivity index is 2.44. The molecule has 0 unspecified atom stereocenters. The topological polar surface area (TPSA) is 49.8 Å². The minimum absolute atomic E-state index is 0.712. The summed E-state index contributed by atoms with van der Waals surface area (Å²) < 4.78 is 0. The van der Waals surface area contributed by atoms with Crippen LogP contribution in [0.2, 0.25) is 0 Å². The Morgan fingerprint density at radius 1 is 0.737 bits per heavy atom. The monoisotopic (exact) mass is 242 g/mol. The van der Waals surface area contributed by atoms with E-state index in [1.807, 2.05) is 30.3 Å². The fraction of sp³-hybridized carbons (Fsp3) is 0. The third-order valence-electron chi connectivity index (χ3n) is 3.82. The minimum Gasteiger partial charge on any atom is -0.398 e. The molecule has 0 aromatic heterocycles. The van der Waals surface area contributed by atoms with Gasteiger partial charge in [0.2, 0.25) is 0 Å². The zero-order valence-corrected chi connectivity index (χ0v) is 10.1. The lowest BCUT2D eigenvalue weighted by Crippen LogP contribution is -1.90. The van der Waals surface area contributed by atoms with Gasteiger partial charge in [-0.25, -0.2) is 0 Å². The molecule has 0 amide bonds. The molecular weight excluding hydrogens is 232 g/mol. The molecule has 0 spiro atoms. The van der Waals surface area contributed by atoms with E-state index in [0.717, 1.165) is 38.0 Å². The molecule has 0 aliphatic heterocycles. The predicted molar refractivity (Wildman–Crippen MR) is 79.3 cm³/mol. The van der Waals surface area contributed by atoms with E-state index in [1.165, 1.54) is 0 Å². The van der Waals surface area contributed by atoms with Crippen molar-refractivity contribution in [2.75, 3.05) is 5.73 Å². The molecular formula is C17H10N2. The van der Waals surface area contributed by atoms with E-state index >= 15 is 0 Å². The van der Waals surface area contributed by atoms with E-state index in [4.69, 9.17) is 5.73 Å². The largest absolute Gasteiger partial charge is 0.398 e. The highest BCUT2D eigenvalue weighted by Gasteiger charge is 2.11. The molecule has 0 heterocycles. The van der Waals surface area contributed by atoms with E-state index in [9.17, 15) is 5.26 Å². The van der Waals surface area contributed by atoms with Gasteiger partial charge in [0, 0.05) is 16.5 Å². The van der Waals surface area contributed by atoms with Gasteiger partial charge in [-0.1, -0.05) is 36.4 Å². The number of nitrogen functional groups attached to an aromatic ring is 1. The van der Waals surface area contributed by atoms with Crippen molar-refractivity contribution in [3.63, 3.8) is 0 Å². The lowest BCUT2D eigenvalue weighted by Gasteiger charge is -2.12. The number of hydrogen-bond donors (Lipinski definition) is 1. The lowest BCUT2D eigenvalue weighted by molar-refractivity contribution is 1.51. The van der Waals surface area contributed by atoms with Crippen molar-refractivity contribution in [3.8, 4) is 6.07 Å². The average Bonchev–Trinajstić information content (AvgIpc) is 2.46. The summed E-state index contributed by atoms with van der Waals surface area (Å²) in [5.41, 5.74) is 7.57. The fourth-order valence-electron chi connectivity index (χ4n) is 2.92. The van der Waals surface area contributed by atoms with Gasteiger partial charge in [-0.2, -0.15) is 5.26 Å². The number of hydrogen-bond acceptors (Lipinski definition) is 2. The highest BCUT2D eigenvalue weighted by atomic mass is 14.5. The summed E-state index contributed by atoms with van der Waals surface area (Å²) in [4.78, 5) is 0. The molecule has 0 saturated carbocycles. The summed E-state index contributed by atoms with van der Waals surface area (Å²) in [5.74, 6) is 0. The summed E-state index contributed by atoms with van der Waals surface area (Å²) in [6.45, 7) is 0. The molecule has 2 N–H and O–H groups in total. The maximum atomic E-state index is 9.25. The molecule has 0 aliphatic rings. The van der Waals surface area contributed by atoms with Gasteiger partial charge < -0.3 is 5.73 Å². The molecule has 4 rings (SSSR count). The first-order valence-electron chi connectivity index (χ1n) is 6.16. The van der Waals surface area contributed by atoms with Gasteiger partial charge in [-0.3, -0.25) is 0 Å². The highest BCUT2D eigenvalue weighted by molar-refractivity contribution is 6.25. The Bertz CT molecular complexity index is 977. The molecule has 0 saturated heterocycles. The van der Waals surface area contributed by atoms with Gasteiger partial charge in [0.25, 0.3) is 0 Å². The molecule has 0 radical (unpaired) electrons. The van der Waals surface area contributed by atoms with E-state index < -0.39 is 0 Å². The van der Waals surface area contributed by atoms with Gasteiger partial charge in [-0.05, 0) is 33.7 Å². The van der Waals surface area contributed by atoms with Crippen molar-refractivity contribution < 1.29 is 0 Å². The Kier molecular flexibility index (Phi) is 1.80. The van der Waals surface area contributed by atoms with E-state index in [1.54, 1.807) is 0 Å². The third-order valence-corrected chi connectivity index (χ3v) is 3.82. The van der Waals surface area contributed by atoms with Crippen LogP contribution in [0.5, 0.6) is 0 Å². The first-order chi connectivity index (χ1) is 9.29. The van der Waals surface area contributed by atoms with Crippen molar-refractivity contribution in [2.24, 2.45) is 0 Å². The lowest BCUT2D eigenvalue weighted by atomic mass is 9.92. The third kappa shape index (κ3) is 1.19. The number of nitrogens with two attached hydrogens (primary N) is 1. The molecule has 2 heteroatoms.